The predicted octanol–water partition coefficient (Wildman–Crippen LogP) is 4.21. The lowest BCUT2D eigenvalue weighted by Crippen LogP contribution is -1.90. The fraction of sp³-hybridized carbons (Fsp3) is 0. The summed E-state index contributed by atoms with van der Waals surface area (Å²) in [7, 11) is 0. The summed E-state index contributed by atoms with van der Waals surface area (Å²) in [4.78, 5) is 4.49. The zero-order valence-electron chi connectivity index (χ0n) is 9.60. The van der Waals surface area contributed by atoms with Gasteiger partial charge in [-0.05, 0) is 39.5 Å². The van der Waals surface area contributed by atoms with Crippen molar-refractivity contribution in [3.05, 3.63) is 39.7 Å². The van der Waals surface area contributed by atoms with Crippen LogP contribution >= 0.6 is 27.3 Å². The molecule has 0 unspecified atom stereocenters. The number of thiophene rings is 1. The highest BCUT2D eigenvalue weighted by Gasteiger charge is 2.19. The molecule has 0 bridgehead atoms. The molecule has 0 spiro atoms. The largest absolute Gasteiger partial charge is 0.506 e. The number of hydrogen-bond donors (Lipinski definition) is 1. The summed E-state index contributed by atoms with van der Waals surface area (Å²) in [5.74, 6) is -1.76. The first kappa shape index (κ1) is 13.2. The first-order valence-electron chi connectivity index (χ1n) is 5.32. The van der Waals surface area contributed by atoms with Crippen LogP contribution in [0.3, 0.4) is 0 Å². The van der Waals surface area contributed by atoms with Gasteiger partial charge in [-0.3, -0.25) is 0 Å². The normalized spacial score (nSPS) is 10.9. The maximum absolute atomic E-state index is 13.5. The average molecular weight is 359 g/mol. The van der Waals surface area contributed by atoms with Crippen molar-refractivity contribution in [1.29, 1.82) is 0 Å². The first-order valence-corrected chi connectivity index (χ1v) is 6.99. The van der Waals surface area contributed by atoms with Crippen LogP contribution in [0.4, 0.5) is 8.78 Å². The lowest BCUT2D eigenvalue weighted by atomic mass is 10.2. The van der Waals surface area contributed by atoms with Crippen molar-refractivity contribution in [2.24, 2.45) is 0 Å². The molecule has 102 valence electrons. The molecule has 8 heteroatoms. The zero-order valence-corrected chi connectivity index (χ0v) is 12.0. The van der Waals surface area contributed by atoms with Gasteiger partial charge in [-0.2, -0.15) is 4.98 Å². The van der Waals surface area contributed by atoms with E-state index in [0.29, 0.717) is 4.88 Å². The van der Waals surface area contributed by atoms with Gasteiger partial charge in [0.2, 0.25) is 5.82 Å². The van der Waals surface area contributed by atoms with E-state index < -0.39 is 11.6 Å². The van der Waals surface area contributed by atoms with Crippen molar-refractivity contribution < 1.29 is 18.4 Å². The Morgan fingerprint density at radius 2 is 2.05 bits per heavy atom. The molecule has 0 amide bonds. The Labute approximate surface area is 123 Å². The smallest absolute Gasteiger partial charge is 0.272 e. The van der Waals surface area contributed by atoms with E-state index in [0.717, 1.165) is 6.07 Å². The summed E-state index contributed by atoms with van der Waals surface area (Å²) in [5.41, 5.74) is 0.259. The van der Waals surface area contributed by atoms with Crippen LogP contribution in [-0.2, 0) is 0 Å². The van der Waals surface area contributed by atoms with Crippen molar-refractivity contribution in [3.63, 3.8) is 0 Å². The van der Waals surface area contributed by atoms with Gasteiger partial charge in [-0.25, -0.2) is 8.78 Å². The molecule has 2 aromatic heterocycles. The molecular formula is C12H5BrF2N2O2S. The van der Waals surface area contributed by atoms with Gasteiger partial charge < -0.3 is 9.63 Å². The van der Waals surface area contributed by atoms with Crippen molar-refractivity contribution >= 4 is 27.3 Å². The van der Waals surface area contributed by atoms with E-state index in [4.69, 9.17) is 4.52 Å². The van der Waals surface area contributed by atoms with E-state index in [-0.39, 0.29) is 27.5 Å². The molecule has 0 saturated carbocycles. The minimum absolute atomic E-state index is 0.0227. The number of rotatable bonds is 2. The summed E-state index contributed by atoms with van der Waals surface area (Å²) in [5, 5.41) is 15.0. The van der Waals surface area contributed by atoms with Gasteiger partial charge in [-0.1, -0.05) is 5.16 Å². The molecule has 0 saturated heterocycles. The highest BCUT2D eigenvalue weighted by Crippen LogP contribution is 2.36. The lowest BCUT2D eigenvalue weighted by molar-refractivity contribution is 0.427. The Balaban J connectivity index is 2.07. The fourth-order valence-corrected chi connectivity index (χ4v) is 2.79. The van der Waals surface area contributed by atoms with E-state index in [1.807, 2.05) is 0 Å². The van der Waals surface area contributed by atoms with Crippen molar-refractivity contribution in [3.8, 4) is 27.9 Å². The topological polar surface area (TPSA) is 59.2 Å². The molecule has 4 nitrogen and oxygen atoms in total. The van der Waals surface area contributed by atoms with E-state index in [9.17, 15) is 13.9 Å². The minimum Gasteiger partial charge on any atom is -0.506 e. The molecule has 0 radical (unpaired) electrons. The zero-order chi connectivity index (χ0) is 14.3. The standard InChI is InChI=1S/C12H5BrF2N2O2S/c13-8-5(1-2-6(14)9(8)15)11-16-12(19-17-11)10-7(18)3-4-20-10/h1-4,18H. The summed E-state index contributed by atoms with van der Waals surface area (Å²) in [6.45, 7) is 0. The second-order valence-corrected chi connectivity index (χ2v) is 5.49. The number of hydrogen-bond acceptors (Lipinski definition) is 5. The second kappa shape index (κ2) is 4.95. The minimum atomic E-state index is -1.02. The summed E-state index contributed by atoms with van der Waals surface area (Å²) < 4.78 is 31.5. The monoisotopic (exact) mass is 358 g/mol. The first-order chi connectivity index (χ1) is 9.58. The van der Waals surface area contributed by atoms with Gasteiger partial charge >= 0.3 is 0 Å². The number of nitrogens with zero attached hydrogens (tertiary/aromatic N) is 2. The number of aromatic hydroxyl groups is 1. The molecule has 0 aliphatic rings. The molecule has 0 aliphatic heterocycles. The van der Waals surface area contributed by atoms with E-state index in [1.54, 1.807) is 5.38 Å². The Morgan fingerprint density at radius 1 is 1.25 bits per heavy atom. The third-order valence-corrected chi connectivity index (χ3v) is 4.21. The third-order valence-electron chi connectivity index (χ3n) is 2.54. The van der Waals surface area contributed by atoms with Crippen LogP contribution < -0.4 is 0 Å². The van der Waals surface area contributed by atoms with Crippen LogP contribution in [0.1, 0.15) is 0 Å². The molecule has 0 atom stereocenters. The van der Waals surface area contributed by atoms with Gasteiger partial charge in [0.05, 0.1) is 4.47 Å². The second-order valence-electron chi connectivity index (χ2n) is 3.78. The van der Waals surface area contributed by atoms with Crippen LogP contribution in [0.25, 0.3) is 22.2 Å². The van der Waals surface area contributed by atoms with Gasteiger partial charge in [0, 0.05) is 5.56 Å². The Kier molecular flexibility index (Phi) is 3.27. The van der Waals surface area contributed by atoms with Crippen LogP contribution in [0.15, 0.2) is 32.6 Å². The maximum atomic E-state index is 13.5. The molecule has 1 N–H and O–H groups in total. The molecule has 0 aliphatic carbocycles. The molecular weight excluding hydrogens is 354 g/mol. The number of benzene rings is 1. The van der Waals surface area contributed by atoms with E-state index in [2.05, 4.69) is 26.1 Å². The van der Waals surface area contributed by atoms with Crippen LogP contribution in [0, 0.1) is 11.6 Å². The van der Waals surface area contributed by atoms with Gasteiger partial charge in [0.15, 0.2) is 11.6 Å². The average Bonchev–Trinajstić information content (AvgIpc) is 3.05. The van der Waals surface area contributed by atoms with Crippen LogP contribution in [-0.4, -0.2) is 15.2 Å². The Bertz CT molecular complexity index is 788. The molecule has 3 aromatic rings. The lowest BCUT2D eigenvalue weighted by Gasteiger charge is -2.00. The molecule has 20 heavy (non-hydrogen) atoms. The Hall–Kier alpha value is -1.80. The van der Waals surface area contributed by atoms with Crippen molar-refractivity contribution in [2.45, 2.75) is 0 Å². The van der Waals surface area contributed by atoms with E-state index in [1.165, 1.54) is 23.5 Å². The van der Waals surface area contributed by atoms with Crippen molar-refractivity contribution in [1.82, 2.24) is 10.1 Å². The summed E-state index contributed by atoms with van der Waals surface area (Å²) >= 11 is 4.19. The Morgan fingerprint density at radius 3 is 2.75 bits per heavy atom. The number of aromatic nitrogens is 2. The molecule has 0 fully saturated rings. The van der Waals surface area contributed by atoms with Crippen LogP contribution in [0.2, 0.25) is 0 Å². The maximum Gasteiger partial charge on any atom is 0.272 e. The SMILES string of the molecule is Oc1ccsc1-c1nc(-c2ccc(F)c(F)c2Br)no1. The highest BCUT2D eigenvalue weighted by atomic mass is 79.9. The van der Waals surface area contributed by atoms with Gasteiger partial charge in [0.1, 0.15) is 10.6 Å². The van der Waals surface area contributed by atoms with Gasteiger partial charge in [-0.15, -0.1) is 11.3 Å². The summed E-state index contributed by atoms with van der Waals surface area (Å²) in [6.07, 6.45) is 0. The summed E-state index contributed by atoms with van der Waals surface area (Å²) in [6, 6.07) is 3.82. The van der Waals surface area contributed by atoms with Crippen molar-refractivity contribution in [2.75, 3.05) is 0 Å². The molecule has 1 aromatic carbocycles. The number of halogens is 3. The van der Waals surface area contributed by atoms with Crippen LogP contribution in [0.5, 0.6) is 5.75 Å². The highest BCUT2D eigenvalue weighted by molar-refractivity contribution is 9.10. The quantitative estimate of drug-likeness (QED) is 0.697. The van der Waals surface area contributed by atoms with E-state index >= 15 is 0 Å². The predicted molar refractivity (Wildman–Crippen MR) is 72.3 cm³/mol. The third kappa shape index (κ3) is 2.10. The molecule has 2 heterocycles. The van der Waals surface area contributed by atoms with Gasteiger partial charge in [0.25, 0.3) is 5.89 Å². The fourth-order valence-electron chi connectivity index (χ4n) is 1.59. The molecule has 3 rings (SSSR count).